The van der Waals surface area contributed by atoms with Gasteiger partial charge in [-0.2, -0.15) is 0 Å². The largest absolute Gasteiger partial charge is 0.366 e. The van der Waals surface area contributed by atoms with Crippen LogP contribution in [0.25, 0.3) is 10.9 Å². The molecule has 2 heterocycles. The summed E-state index contributed by atoms with van der Waals surface area (Å²) >= 11 is 0. The van der Waals surface area contributed by atoms with Crippen molar-refractivity contribution in [2.75, 3.05) is 18.4 Å². The van der Waals surface area contributed by atoms with Gasteiger partial charge in [0.1, 0.15) is 5.82 Å². The summed E-state index contributed by atoms with van der Waals surface area (Å²) < 4.78 is 0. The number of hydrogen-bond donors (Lipinski definition) is 2. The minimum absolute atomic E-state index is 0.0353. The second-order valence-corrected chi connectivity index (χ2v) is 8.16. The molecule has 0 bridgehead atoms. The molecule has 0 aliphatic carbocycles. The molecule has 1 aliphatic rings. The molecule has 2 aromatic carbocycles. The normalized spacial score (nSPS) is 15.8. The Morgan fingerprint density at radius 1 is 1.15 bits per heavy atom. The van der Waals surface area contributed by atoms with Crippen LogP contribution in [-0.4, -0.2) is 45.7 Å². The summed E-state index contributed by atoms with van der Waals surface area (Å²) in [7, 11) is 0. The Hall–Kier alpha value is -4.07. The number of amides is 3. The molecule has 1 aliphatic heterocycles. The molecule has 0 spiro atoms. The zero-order chi connectivity index (χ0) is 23.4. The molecule has 1 fully saturated rings. The smallest absolute Gasteiger partial charge is 0.253 e. The molecular weight excluding hydrogens is 418 g/mol. The number of carbonyl (C=O) groups is 3. The van der Waals surface area contributed by atoms with Crippen molar-refractivity contribution >= 4 is 34.3 Å². The Morgan fingerprint density at radius 2 is 1.91 bits per heavy atom. The molecule has 3 N–H and O–H groups in total. The highest BCUT2D eigenvalue weighted by molar-refractivity contribution is 6.00. The highest BCUT2D eigenvalue weighted by atomic mass is 16.2. The van der Waals surface area contributed by atoms with Crippen LogP contribution in [0.2, 0.25) is 0 Å². The van der Waals surface area contributed by atoms with Crippen molar-refractivity contribution in [1.82, 2.24) is 14.9 Å². The summed E-state index contributed by atoms with van der Waals surface area (Å²) in [5.41, 5.74) is 7.66. The fraction of sp³-hybridized carbons (Fsp3) is 0.240. The van der Waals surface area contributed by atoms with Crippen molar-refractivity contribution in [2.24, 2.45) is 11.7 Å². The SMILES string of the molecule is C=CC(=O)Nc1ccc(C(=O)N2CCC[C@@H](Cc3ncc4ccc(C(N)=O)cc4n3)C2)cc1. The minimum atomic E-state index is -0.491. The maximum atomic E-state index is 13.0. The third kappa shape index (κ3) is 5.23. The van der Waals surface area contributed by atoms with Gasteiger partial charge in [-0.25, -0.2) is 9.97 Å². The number of fused-ring (bicyclic) bond motifs is 1. The Bertz CT molecular complexity index is 1220. The summed E-state index contributed by atoms with van der Waals surface area (Å²) in [6.07, 6.45) is 5.49. The maximum absolute atomic E-state index is 13.0. The third-order valence-electron chi connectivity index (χ3n) is 5.78. The number of nitrogens with one attached hydrogen (secondary N) is 1. The van der Waals surface area contributed by atoms with Gasteiger partial charge < -0.3 is 16.0 Å². The van der Waals surface area contributed by atoms with Crippen molar-refractivity contribution in [3.05, 3.63) is 78.3 Å². The molecule has 0 radical (unpaired) electrons. The van der Waals surface area contributed by atoms with E-state index in [9.17, 15) is 14.4 Å². The zero-order valence-electron chi connectivity index (χ0n) is 18.2. The summed E-state index contributed by atoms with van der Waals surface area (Å²) in [6, 6.07) is 12.0. The monoisotopic (exact) mass is 443 g/mol. The van der Waals surface area contributed by atoms with Crippen molar-refractivity contribution in [3.63, 3.8) is 0 Å². The van der Waals surface area contributed by atoms with E-state index < -0.39 is 5.91 Å². The van der Waals surface area contributed by atoms with Gasteiger partial charge in [0.05, 0.1) is 5.52 Å². The first kappa shape index (κ1) is 22.1. The first-order valence-corrected chi connectivity index (χ1v) is 10.8. The van der Waals surface area contributed by atoms with E-state index in [4.69, 9.17) is 5.73 Å². The number of likely N-dealkylation sites (tertiary alicyclic amines) is 1. The lowest BCUT2D eigenvalue weighted by molar-refractivity contribution is -0.111. The average Bonchev–Trinajstić information content (AvgIpc) is 2.83. The predicted molar refractivity (Wildman–Crippen MR) is 126 cm³/mol. The topological polar surface area (TPSA) is 118 Å². The van der Waals surface area contributed by atoms with E-state index in [1.54, 1.807) is 48.7 Å². The van der Waals surface area contributed by atoms with Crippen LogP contribution in [0.3, 0.4) is 0 Å². The van der Waals surface area contributed by atoms with E-state index in [2.05, 4.69) is 21.9 Å². The molecule has 0 saturated carbocycles. The standard InChI is InChI=1S/C25H25N5O3/c1-2-23(31)28-20-9-7-17(8-10-20)25(33)30-11-3-4-16(15-30)12-22-27-14-19-6-5-18(24(26)32)13-21(19)29-22/h2,5-10,13-14,16H,1,3-4,11-12,15H2,(H2,26,32)(H,28,31)/t16-/m0/s1. The summed E-state index contributed by atoms with van der Waals surface area (Å²) in [5, 5.41) is 3.52. The van der Waals surface area contributed by atoms with E-state index in [1.165, 1.54) is 6.08 Å². The Balaban J connectivity index is 1.43. The highest BCUT2D eigenvalue weighted by Gasteiger charge is 2.25. The van der Waals surface area contributed by atoms with Gasteiger partial charge in [0.2, 0.25) is 11.8 Å². The Labute approximate surface area is 191 Å². The van der Waals surface area contributed by atoms with Crippen LogP contribution in [0.4, 0.5) is 5.69 Å². The zero-order valence-corrected chi connectivity index (χ0v) is 18.2. The highest BCUT2D eigenvalue weighted by Crippen LogP contribution is 2.23. The van der Waals surface area contributed by atoms with Gasteiger partial charge in [0, 0.05) is 47.9 Å². The Kier molecular flexibility index (Phi) is 6.44. The van der Waals surface area contributed by atoms with E-state index in [-0.39, 0.29) is 17.7 Å². The summed E-state index contributed by atoms with van der Waals surface area (Å²) in [4.78, 5) is 46.8. The average molecular weight is 444 g/mol. The fourth-order valence-corrected chi connectivity index (χ4v) is 4.06. The van der Waals surface area contributed by atoms with Gasteiger partial charge in [-0.3, -0.25) is 14.4 Å². The Morgan fingerprint density at radius 3 is 2.64 bits per heavy atom. The minimum Gasteiger partial charge on any atom is -0.366 e. The van der Waals surface area contributed by atoms with E-state index in [0.717, 1.165) is 18.2 Å². The van der Waals surface area contributed by atoms with Gasteiger partial charge in [0.25, 0.3) is 5.91 Å². The van der Waals surface area contributed by atoms with Crippen molar-refractivity contribution in [3.8, 4) is 0 Å². The molecule has 33 heavy (non-hydrogen) atoms. The summed E-state index contributed by atoms with van der Waals surface area (Å²) in [5.74, 6) is 0.104. The lowest BCUT2D eigenvalue weighted by atomic mass is 9.94. The van der Waals surface area contributed by atoms with E-state index >= 15 is 0 Å². The first-order valence-electron chi connectivity index (χ1n) is 10.8. The van der Waals surface area contributed by atoms with Crippen LogP contribution in [0.5, 0.6) is 0 Å². The number of nitrogens with two attached hydrogens (primary N) is 1. The van der Waals surface area contributed by atoms with Gasteiger partial charge in [0.15, 0.2) is 0 Å². The van der Waals surface area contributed by atoms with Crippen LogP contribution in [0.15, 0.2) is 61.3 Å². The maximum Gasteiger partial charge on any atom is 0.253 e. The van der Waals surface area contributed by atoms with Crippen LogP contribution >= 0.6 is 0 Å². The van der Waals surface area contributed by atoms with Crippen molar-refractivity contribution in [1.29, 1.82) is 0 Å². The number of piperidine rings is 1. The molecule has 3 aromatic rings. The quantitative estimate of drug-likeness (QED) is 0.568. The third-order valence-corrected chi connectivity index (χ3v) is 5.78. The van der Waals surface area contributed by atoms with Gasteiger partial charge in [-0.1, -0.05) is 12.6 Å². The molecule has 3 amide bonds. The molecule has 0 unspecified atom stereocenters. The number of rotatable bonds is 6. The van der Waals surface area contributed by atoms with Crippen LogP contribution in [0, 0.1) is 5.92 Å². The van der Waals surface area contributed by atoms with Gasteiger partial charge >= 0.3 is 0 Å². The van der Waals surface area contributed by atoms with Crippen molar-refractivity contribution < 1.29 is 14.4 Å². The number of benzene rings is 2. The second-order valence-electron chi connectivity index (χ2n) is 8.16. The lowest BCUT2D eigenvalue weighted by Crippen LogP contribution is -2.40. The number of aromatic nitrogens is 2. The predicted octanol–water partition coefficient (Wildman–Crippen LogP) is 2.95. The number of nitrogens with zero attached hydrogens (tertiary/aromatic N) is 3. The van der Waals surface area contributed by atoms with Gasteiger partial charge in [-0.05, 0) is 61.2 Å². The number of primary amides is 1. The number of carbonyl (C=O) groups excluding carboxylic acids is 3. The number of anilines is 1. The van der Waals surface area contributed by atoms with Crippen LogP contribution in [-0.2, 0) is 11.2 Å². The lowest BCUT2D eigenvalue weighted by Gasteiger charge is -2.32. The fourth-order valence-electron chi connectivity index (χ4n) is 4.06. The molecule has 168 valence electrons. The van der Waals surface area contributed by atoms with Crippen LogP contribution in [0.1, 0.15) is 39.4 Å². The summed E-state index contributed by atoms with van der Waals surface area (Å²) in [6.45, 7) is 4.75. The molecule has 8 nitrogen and oxygen atoms in total. The molecular formula is C25H25N5O3. The number of hydrogen-bond acceptors (Lipinski definition) is 5. The molecule has 8 heteroatoms. The second kappa shape index (κ2) is 9.60. The molecule has 1 aromatic heterocycles. The van der Waals surface area contributed by atoms with E-state index in [0.29, 0.717) is 47.7 Å². The van der Waals surface area contributed by atoms with Crippen LogP contribution < -0.4 is 11.1 Å². The molecule has 4 rings (SSSR count). The molecule has 1 saturated heterocycles. The first-order chi connectivity index (χ1) is 15.9. The molecule has 1 atom stereocenters. The van der Waals surface area contributed by atoms with Crippen molar-refractivity contribution in [2.45, 2.75) is 19.3 Å². The van der Waals surface area contributed by atoms with Gasteiger partial charge in [-0.15, -0.1) is 0 Å². The van der Waals surface area contributed by atoms with E-state index in [1.807, 2.05) is 4.90 Å².